The van der Waals surface area contributed by atoms with Crippen LogP contribution in [-0.2, 0) is 11.8 Å². The van der Waals surface area contributed by atoms with Crippen LogP contribution in [0.5, 0.6) is 5.75 Å². The Bertz CT molecular complexity index is 330. The zero-order chi connectivity index (χ0) is 9.90. The molecular weight excluding hydrogens is 229 g/mol. The van der Waals surface area contributed by atoms with Gasteiger partial charge < -0.3 is 9.42 Å². The monoisotopic (exact) mass is 237 g/mol. The molecule has 1 unspecified atom stereocenters. The zero-order valence-electron chi connectivity index (χ0n) is 6.90. The molecule has 0 heterocycles. The van der Waals surface area contributed by atoms with E-state index in [1.807, 2.05) is 0 Å². The maximum absolute atomic E-state index is 9.41. The highest BCUT2D eigenvalue weighted by Gasteiger charge is 2.11. The van der Waals surface area contributed by atoms with Crippen LogP contribution in [0.3, 0.4) is 0 Å². The molecule has 0 saturated carbocycles. The van der Waals surface area contributed by atoms with Crippen LogP contribution in [0.4, 0.5) is 0 Å². The van der Waals surface area contributed by atoms with Crippen molar-refractivity contribution in [1.29, 1.82) is 0 Å². The minimum atomic E-state index is -2.87. The van der Waals surface area contributed by atoms with E-state index in [4.69, 9.17) is 27.9 Å². The van der Waals surface area contributed by atoms with E-state index in [0.717, 1.165) is 0 Å². The second-order valence-corrected chi connectivity index (χ2v) is 5.88. The van der Waals surface area contributed by atoms with Gasteiger partial charge in [0.1, 0.15) is 5.75 Å². The smallest absolute Gasteiger partial charge is 0.309 e. The summed E-state index contributed by atoms with van der Waals surface area (Å²) in [6.07, 6.45) is 0. The van der Waals surface area contributed by atoms with Gasteiger partial charge in [-0.3, -0.25) is 0 Å². The molecule has 0 aliphatic carbocycles. The quantitative estimate of drug-likeness (QED) is 0.791. The Morgan fingerprint density at radius 2 is 2.00 bits per heavy atom. The fraction of sp³-hybridized carbons (Fsp3) is 0.143. The summed E-state index contributed by atoms with van der Waals surface area (Å²) in [5, 5.41) is 3.14. The van der Waals surface area contributed by atoms with Crippen molar-refractivity contribution in [3.8, 4) is 5.75 Å². The number of halogens is 1. The van der Waals surface area contributed by atoms with Crippen molar-refractivity contribution in [2.75, 3.05) is 7.05 Å². The van der Waals surface area contributed by atoms with Crippen molar-refractivity contribution in [3.63, 3.8) is 0 Å². The Balaban J connectivity index is 2.75. The number of nitrogens with one attached hydrogen (secondary N) is 1. The third-order valence-electron chi connectivity index (χ3n) is 1.33. The summed E-state index contributed by atoms with van der Waals surface area (Å²) in [7, 11) is 1.55. The van der Waals surface area contributed by atoms with Crippen LogP contribution < -0.4 is 9.61 Å². The normalized spacial score (nSPS) is 15.0. The Labute approximate surface area is 86.9 Å². The highest BCUT2D eigenvalue weighted by Crippen LogP contribution is 2.37. The number of rotatable bonds is 3. The van der Waals surface area contributed by atoms with Crippen LogP contribution in [0.1, 0.15) is 0 Å². The summed E-state index contributed by atoms with van der Waals surface area (Å²) < 4.78 is 5.12. The molecule has 1 aromatic carbocycles. The Morgan fingerprint density at radius 3 is 2.46 bits per heavy atom. The molecule has 1 atom stereocenters. The topological polar surface area (TPSA) is 41.5 Å². The summed E-state index contributed by atoms with van der Waals surface area (Å²) in [5.74, 6) is 0.504. The first-order chi connectivity index (χ1) is 6.03. The average molecular weight is 238 g/mol. The highest BCUT2D eigenvalue weighted by molar-refractivity contribution is 8.08. The van der Waals surface area contributed by atoms with Gasteiger partial charge in [-0.25, -0.2) is 5.09 Å². The Kier molecular flexibility index (Phi) is 3.71. The lowest BCUT2D eigenvalue weighted by atomic mass is 10.3. The minimum Gasteiger partial charge on any atom is -0.433 e. The van der Waals surface area contributed by atoms with Gasteiger partial charge in [-0.2, -0.15) is 0 Å². The predicted molar refractivity (Wildman–Crippen MR) is 57.6 cm³/mol. The van der Waals surface area contributed by atoms with Crippen LogP contribution in [-0.4, -0.2) is 11.9 Å². The van der Waals surface area contributed by atoms with Crippen molar-refractivity contribution in [3.05, 3.63) is 29.3 Å². The Morgan fingerprint density at radius 1 is 1.46 bits per heavy atom. The molecule has 2 N–H and O–H groups in total. The van der Waals surface area contributed by atoms with E-state index in [9.17, 15) is 4.89 Å². The molecule has 0 aromatic heterocycles. The molecule has 0 aliphatic heterocycles. The number of hydrogen-bond acceptors (Lipinski definition) is 2. The standard InChI is InChI=1S/C7H9ClNO2PS/c1-9-12(10,13)11-7-4-2-6(8)3-5-7/h2-5H,1H3,(H2,9,10,13). The first-order valence-corrected chi connectivity index (χ1v) is 6.55. The van der Waals surface area contributed by atoms with Crippen molar-refractivity contribution >= 4 is 30.1 Å². The molecule has 13 heavy (non-hydrogen) atoms. The number of hydrogen-bond donors (Lipinski definition) is 2. The minimum absolute atomic E-state index is 0.504. The van der Waals surface area contributed by atoms with Crippen LogP contribution in [0.25, 0.3) is 0 Å². The second kappa shape index (κ2) is 4.40. The van der Waals surface area contributed by atoms with E-state index in [-0.39, 0.29) is 0 Å². The summed E-state index contributed by atoms with van der Waals surface area (Å²) in [6, 6.07) is 6.64. The predicted octanol–water partition coefficient (Wildman–Crippen LogP) is 2.15. The maximum Gasteiger partial charge on any atom is 0.309 e. The average Bonchev–Trinajstić information content (AvgIpc) is 2.09. The number of benzene rings is 1. The van der Waals surface area contributed by atoms with Gasteiger partial charge in [0, 0.05) is 5.02 Å². The van der Waals surface area contributed by atoms with Crippen LogP contribution in [0.2, 0.25) is 5.02 Å². The second-order valence-electron chi connectivity index (χ2n) is 2.29. The first kappa shape index (κ1) is 11.0. The van der Waals surface area contributed by atoms with E-state index < -0.39 is 6.64 Å². The third kappa shape index (κ3) is 3.63. The van der Waals surface area contributed by atoms with E-state index in [1.165, 1.54) is 0 Å². The van der Waals surface area contributed by atoms with E-state index in [0.29, 0.717) is 10.8 Å². The van der Waals surface area contributed by atoms with Gasteiger partial charge in [-0.15, -0.1) is 0 Å². The molecule has 1 aromatic rings. The molecule has 0 spiro atoms. The van der Waals surface area contributed by atoms with E-state index in [2.05, 4.69) is 5.09 Å². The van der Waals surface area contributed by atoms with Gasteiger partial charge in [0.15, 0.2) is 0 Å². The molecular formula is C7H9ClNO2PS. The fourth-order valence-corrected chi connectivity index (χ4v) is 1.57. The van der Waals surface area contributed by atoms with Crippen LogP contribution >= 0.6 is 18.2 Å². The molecule has 72 valence electrons. The third-order valence-corrected chi connectivity index (χ3v) is 3.37. The lowest BCUT2D eigenvalue weighted by Gasteiger charge is -2.14. The summed E-state index contributed by atoms with van der Waals surface area (Å²) in [4.78, 5) is 9.41. The van der Waals surface area contributed by atoms with Gasteiger partial charge >= 0.3 is 6.64 Å². The van der Waals surface area contributed by atoms with Gasteiger partial charge in [-0.05, 0) is 43.1 Å². The SMILES string of the molecule is CNP(O)(=S)Oc1ccc(Cl)cc1. The van der Waals surface area contributed by atoms with Gasteiger partial charge in [0.2, 0.25) is 0 Å². The molecule has 1 rings (SSSR count). The van der Waals surface area contributed by atoms with Gasteiger partial charge in [-0.1, -0.05) is 11.6 Å². The summed E-state index contributed by atoms with van der Waals surface area (Å²) in [5.41, 5.74) is 0. The van der Waals surface area contributed by atoms with Crippen molar-refractivity contribution in [1.82, 2.24) is 5.09 Å². The van der Waals surface area contributed by atoms with Gasteiger partial charge in [0.25, 0.3) is 0 Å². The van der Waals surface area contributed by atoms with Crippen molar-refractivity contribution in [2.24, 2.45) is 0 Å². The lowest BCUT2D eigenvalue weighted by Crippen LogP contribution is -2.06. The van der Waals surface area contributed by atoms with E-state index >= 15 is 0 Å². The summed E-state index contributed by atoms with van der Waals surface area (Å²) in [6.45, 7) is -2.87. The van der Waals surface area contributed by atoms with Crippen LogP contribution in [0, 0.1) is 0 Å². The fourth-order valence-electron chi connectivity index (χ4n) is 0.684. The molecule has 0 radical (unpaired) electrons. The maximum atomic E-state index is 9.41. The highest BCUT2D eigenvalue weighted by atomic mass is 35.5. The molecule has 0 bridgehead atoms. The lowest BCUT2D eigenvalue weighted by molar-refractivity contribution is 0.472. The van der Waals surface area contributed by atoms with Crippen molar-refractivity contribution < 1.29 is 9.42 Å². The first-order valence-electron chi connectivity index (χ1n) is 3.50. The largest absolute Gasteiger partial charge is 0.433 e. The van der Waals surface area contributed by atoms with Crippen LogP contribution in [0.15, 0.2) is 24.3 Å². The Hall–Kier alpha value is -0.120. The van der Waals surface area contributed by atoms with E-state index in [1.54, 1.807) is 31.3 Å². The molecule has 3 nitrogen and oxygen atoms in total. The zero-order valence-corrected chi connectivity index (χ0v) is 9.37. The van der Waals surface area contributed by atoms with Crippen molar-refractivity contribution in [2.45, 2.75) is 0 Å². The van der Waals surface area contributed by atoms with Gasteiger partial charge in [0.05, 0.1) is 0 Å². The molecule has 0 amide bonds. The molecule has 0 aliphatic rings. The molecule has 0 fully saturated rings. The molecule has 0 saturated heterocycles. The summed E-state index contributed by atoms with van der Waals surface area (Å²) >= 11 is 10.4. The molecule has 6 heteroatoms.